The molecule has 4 rings (SSSR count). The maximum atomic E-state index is 12.5. The highest BCUT2D eigenvalue weighted by Gasteiger charge is 2.18. The summed E-state index contributed by atoms with van der Waals surface area (Å²) < 4.78 is 6.97. The number of rotatable bonds is 6. The van der Waals surface area contributed by atoms with Gasteiger partial charge in [-0.2, -0.15) is 0 Å². The number of carbonyl (C=O) groups excluding carboxylic acids is 2. The van der Waals surface area contributed by atoms with Crippen LogP contribution in [0.1, 0.15) is 27.9 Å². The van der Waals surface area contributed by atoms with Crippen LogP contribution in [0.4, 0.5) is 5.13 Å². The molecule has 0 atom stereocenters. The van der Waals surface area contributed by atoms with Gasteiger partial charge in [0.05, 0.1) is 23.6 Å². The molecule has 3 aromatic heterocycles. The van der Waals surface area contributed by atoms with Gasteiger partial charge in [0.15, 0.2) is 15.9 Å². The lowest BCUT2D eigenvalue weighted by molar-refractivity contribution is -0.113. The van der Waals surface area contributed by atoms with Crippen LogP contribution in [0.3, 0.4) is 0 Å². The monoisotopic (exact) mass is 441 g/mol. The van der Waals surface area contributed by atoms with Gasteiger partial charge in [0.2, 0.25) is 5.91 Å². The molecular formula is C20H19N5O3S2. The Morgan fingerprint density at radius 2 is 2.03 bits per heavy atom. The van der Waals surface area contributed by atoms with Crippen molar-refractivity contribution in [2.45, 2.75) is 25.9 Å². The molecule has 0 unspecified atom stereocenters. The number of aromatic nitrogens is 4. The summed E-state index contributed by atoms with van der Waals surface area (Å²) in [6.45, 7) is 5.73. The van der Waals surface area contributed by atoms with Crippen molar-refractivity contribution in [2.75, 3.05) is 17.7 Å². The molecule has 8 nitrogen and oxygen atoms in total. The summed E-state index contributed by atoms with van der Waals surface area (Å²) in [5, 5.41) is 13.4. The van der Waals surface area contributed by atoms with Gasteiger partial charge in [0.1, 0.15) is 4.88 Å². The van der Waals surface area contributed by atoms with Gasteiger partial charge in [-0.1, -0.05) is 41.3 Å². The van der Waals surface area contributed by atoms with Crippen LogP contribution < -0.4 is 5.32 Å². The smallest absolute Gasteiger partial charge is 0.350 e. The van der Waals surface area contributed by atoms with Crippen LogP contribution in [0.25, 0.3) is 16.6 Å². The van der Waals surface area contributed by atoms with Gasteiger partial charge in [-0.25, -0.2) is 9.78 Å². The number of nitrogens with zero attached hydrogens (tertiary/aromatic N) is 4. The van der Waals surface area contributed by atoms with E-state index in [9.17, 15) is 9.59 Å². The summed E-state index contributed by atoms with van der Waals surface area (Å²) in [6.07, 6.45) is 0. The number of ether oxygens (including phenoxy) is 1. The number of benzene rings is 1. The molecule has 0 bridgehead atoms. The van der Waals surface area contributed by atoms with Crippen LogP contribution in [-0.2, 0) is 9.53 Å². The third kappa shape index (κ3) is 3.88. The van der Waals surface area contributed by atoms with Gasteiger partial charge in [0, 0.05) is 0 Å². The summed E-state index contributed by atoms with van der Waals surface area (Å²) in [7, 11) is 0. The lowest BCUT2D eigenvalue weighted by Gasteiger charge is -2.06. The first-order valence-electron chi connectivity index (χ1n) is 9.28. The summed E-state index contributed by atoms with van der Waals surface area (Å²) in [6, 6.07) is 10.1. The number of anilines is 1. The number of aryl methyl sites for hydroxylation is 2. The Balaban J connectivity index is 1.50. The Labute approximate surface area is 180 Å². The van der Waals surface area contributed by atoms with Crippen molar-refractivity contribution in [1.82, 2.24) is 19.6 Å². The molecule has 10 heteroatoms. The van der Waals surface area contributed by atoms with Crippen molar-refractivity contribution in [3.05, 3.63) is 46.5 Å². The van der Waals surface area contributed by atoms with Gasteiger partial charge < -0.3 is 10.1 Å². The molecule has 0 aliphatic heterocycles. The minimum absolute atomic E-state index is 0.135. The molecule has 0 aliphatic rings. The van der Waals surface area contributed by atoms with Crippen LogP contribution >= 0.6 is 23.1 Å². The van der Waals surface area contributed by atoms with E-state index in [1.165, 1.54) is 11.8 Å². The Morgan fingerprint density at radius 3 is 2.83 bits per heavy atom. The average molecular weight is 442 g/mol. The molecule has 0 fully saturated rings. The molecule has 0 radical (unpaired) electrons. The standard InChI is InChI=1S/C20H19N5O3S2/c1-4-28-18(27)16-12(3)21-19(30-16)22-15(26)10-29-20-24-23-17-11(2)9-13-7-5-6-8-14(13)25(17)20/h5-9H,4,10H2,1-3H3,(H,21,22,26). The average Bonchev–Trinajstić information content (AvgIpc) is 3.31. The van der Waals surface area contributed by atoms with E-state index in [0.717, 1.165) is 33.5 Å². The number of thioether (sulfide) groups is 1. The van der Waals surface area contributed by atoms with Gasteiger partial charge in [-0.15, -0.1) is 10.2 Å². The van der Waals surface area contributed by atoms with Crippen molar-refractivity contribution in [2.24, 2.45) is 0 Å². The predicted octanol–water partition coefficient (Wildman–Crippen LogP) is 3.86. The van der Waals surface area contributed by atoms with Crippen molar-refractivity contribution >= 4 is 56.7 Å². The number of fused-ring (bicyclic) bond motifs is 3. The first-order valence-corrected chi connectivity index (χ1v) is 11.1. The number of amides is 1. The number of para-hydroxylation sites is 1. The van der Waals surface area contributed by atoms with Gasteiger partial charge >= 0.3 is 5.97 Å². The zero-order chi connectivity index (χ0) is 21.3. The van der Waals surface area contributed by atoms with E-state index in [-0.39, 0.29) is 18.3 Å². The van der Waals surface area contributed by atoms with Crippen molar-refractivity contribution in [3.63, 3.8) is 0 Å². The number of esters is 1. The van der Waals surface area contributed by atoms with E-state index in [1.807, 2.05) is 35.6 Å². The number of hydrogen-bond donors (Lipinski definition) is 1. The molecule has 0 spiro atoms. The first kappa shape index (κ1) is 20.3. The minimum atomic E-state index is -0.431. The molecule has 1 N–H and O–H groups in total. The van der Waals surface area contributed by atoms with Crippen LogP contribution in [0, 0.1) is 13.8 Å². The van der Waals surface area contributed by atoms with Crippen molar-refractivity contribution in [3.8, 4) is 0 Å². The summed E-state index contributed by atoms with van der Waals surface area (Å²) in [4.78, 5) is 29.0. The second-order valence-electron chi connectivity index (χ2n) is 6.52. The molecular weight excluding hydrogens is 422 g/mol. The zero-order valence-electron chi connectivity index (χ0n) is 16.6. The third-order valence-corrected chi connectivity index (χ3v) is 6.35. The van der Waals surface area contributed by atoms with Crippen LogP contribution in [0.15, 0.2) is 35.5 Å². The minimum Gasteiger partial charge on any atom is -0.462 e. The van der Waals surface area contributed by atoms with Gasteiger partial charge in [-0.05, 0) is 43.9 Å². The predicted molar refractivity (Wildman–Crippen MR) is 117 cm³/mol. The highest BCUT2D eigenvalue weighted by atomic mass is 32.2. The second kappa shape index (κ2) is 8.41. The largest absolute Gasteiger partial charge is 0.462 e. The Kier molecular flexibility index (Phi) is 5.69. The molecule has 4 aromatic rings. The molecule has 0 saturated heterocycles. The quantitative estimate of drug-likeness (QED) is 0.358. The Hall–Kier alpha value is -2.98. The second-order valence-corrected chi connectivity index (χ2v) is 8.46. The molecule has 3 heterocycles. The van der Waals surface area contributed by atoms with E-state index in [0.29, 0.717) is 20.9 Å². The molecule has 0 aliphatic carbocycles. The van der Waals surface area contributed by atoms with Crippen LogP contribution in [-0.4, -0.2) is 43.8 Å². The molecule has 154 valence electrons. The van der Waals surface area contributed by atoms with E-state index in [1.54, 1.807) is 13.8 Å². The Bertz CT molecular complexity index is 1260. The number of carbonyl (C=O) groups is 2. The van der Waals surface area contributed by atoms with E-state index >= 15 is 0 Å². The zero-order valence-corrected chi connectivity index (χ0v) is 18.3. The summed E-state index contributed by atoms with van der Waals surface area (Å²) >= 11 is 2.40. The Morgan fingerprint density at radius 1 is 1.23 bits per heavy atom. The van der Waals surface area contributed by atoms with Crippen molar-refractivity contribution in [1.29, 1.82) is 0 Å². The fourth-order valence-electron chi connectivity index (χ4n) is 3.07. The SMILES string of the molecule is CCOC(=O)c1sc(NC(=O)CSc2nnc3c(C)cc4ccccc4n23)nc1C. The summed E-state index contributed by atoms with van der Waals surface area (Å²) in [5.41, 5.74) is 3.31. The number of hydrogen-bond acceptors (Lipinski definition) is 8. The summed E-state index contributed by atoms with van der Waals surface area (Å²) in [5.74, 6) is -0.534. The first-order chi connectivity index (χ1) is 14.5. The molecule has 1 aromatic carbocycles. The topological polar surface area (TPSA) is 98.5 Å². The fourth-order valence-corrected chi connectivity index (χ4v) is 4.69. The van der Waals surface area contributed by atoms with E-state index < -0.39 is 5.97 Å². The van der Waals surface area contributed by atoms with Crippen LogP contribution in [0.2, 0.25) is 0 Å². The fraction of sp³-hybridized carbons (Fsp3) is 0.250. The normalized spacial score (nSPS) is 11.2. The molecule has 0 saturated carbocycles. The van der Waals surface area contributed by atoms with E-state index in [4.69, 9.17) is 4.74 Å². The number of nitrogens with one attached hydrogen (secondary N) is 1. The lowest BCUT2D eigenvalue weighted by atomic mass is 10.1. The highest BCUT2D eigenvalue weighted by Crippen LogP contribution is 2.27. The third-order valence-electron chi connectivity index (χ3n) is 4.37. The number of thiazole rings is 1. The highest BCUT2D eigenvalue weighted by molar-refractivity contribution is 7.99. The molecule has 30 heavy (non-hydrogen) atoms. The lowest BCUT2D eigenvalue weighted by Crippen LogP contribution is -2.14. The molecule has 1 amide bonds. The van der Waals surface area contributed by atoms with E-state index in [2.05, 4.69) is 26.6 Å². The van der Waals surface area contributed by atoms with Crippen molar-refractivity contribution < 1.29 is 14.3 Å². The maximum Gasteiger partial charge on any atom is 0.350 e. The number of pyridine rings is 1. The maximum absolute atomic E-state index is 12.5. The van der Waals surface area contributed by atoms with Crippen LogP contribution in [0.5, 0.6) is 0 Å². The van der Waals surface area contributed by atoms with Gasteiger partial charge in [-0.3, -0.25) is 9.20 Å². The van der Waals surface area contributed by atoms with Gasteiger partial charge in [0.25, 0.3) is 0 Å².